The Morgan fingerprint density at radius 1 is 1.26 bits per heavy atom. The van der Waals surface area contributed by atoms with Crippen LogP contribution >= 0.6 is 11.8 Å². The Balaban J connectivity index is 1.75. The van der Waals surface area contributed by atoms with Crippen LogP contribution in [0.25, 0.3) is 0 Å². The van der Waals surface area contributed by atoms with Gasteiger partial charge < -0.3 is 10.0 Å². The van der Waals surface area contributed by atoms with Crippen molar-refractivity contribution in [3.63, 3.8) is 0 Å². The number of hydrogen-bond acceptors (Lipinski definition) is 3. The zero-order chi connectivity index (χ0) is 13.7. The maximum atomic E-state index is 9.29. The molecule has 3 heteroatoms. The summed E-state index contributed by atoms with van der Waals surface area (Å²) in [5, 5.41) is 10.0. The predicted octanol–water partition coefficient (Wildman–Crippen LogP) is 3.99. The Morgan fingerprint density at radius 2 is 1.89 bits per heavy atom. The molecular formula is C16H25NOS. The number of rotatable bonds is 5. The number of hydrogen-bond donors (Lipinski definition) is 1. The summed E-state index contributed by atoms with van der Waals surface area (Å²) in [5.41, 5.74) is 0. The number of phenols is 1. The van der Waals surface area contributed by atoms with Crippen molar-refractivity contribution in [2.45, 2.75) is 43.3 Å². The minimum Gasteiger partial charge on any atom is -0.508 e. The van der Waals surface area contributed by atoms with E-state index in [0.29, 0.717) is 5.75 Å². The van der Waals surface area contributed by atoms with Crippen molar-refractivity contribution in [3.05, 3.63) is 24.3 Å². The Hall–Kier alpha value is -0.670. The molecule has 1 atom stereocenters. The molecule has 2 nitrogen and oxygen atoms in total. The van der Waals surface area contributed by atoms with Crippen LogP contribution < -0.4 is 0 Å². The lowest BCUT2D eigenvalue weighted by molar-refractivity contribution is 0.202. The summed E-state index contributed by atoms with van der Waals surface area (Å²) < 4.78 is 0. The Labute approximate surface area is 121 Å². The number of aromatic hydroxyl groups is 1. The van der Waals surface area contributed by atoms with E-state index in [9.17, 15) is 5.11 Å². The first-order valence-corrected chi connectivity index (χ1v) is 8.23. The van der Waals surface area contributed by atoms with Gasteiger partial charge in [-0.25, -0.2) is 0 Å². The Bertz CT molecular complexity index is 371. The molecule has 1 fully saturated rings. The molecule has 1 aromatic carbocycles. The van der Waals surface area contributed by atoms with Crippen LogP contribution in [0.15, 0.2) is 29.2 Å². The second-order valence-corrected chi connectivity index (χ2v) is 7.00. The maximum absolute atomic E-state index is 9.29. The summed E-state index contributed by atoms with van der Waals surface area (Å²) in [6, 6.07) is 7.60. The lowest BCUT2D eigenvalue weighted by Crippen LogP contribution is -2.37. The molecule has 2 rings (SSSR count). The van der Waals surface area contributed by atoms with E-state index in [1.807, 2.05) is 23.9 Å². The lowest BCUT2D eigenvalue weighted by Gasteiger charge is -2.33. The zero-order valence-electron chi connectivity index (χ0n) is 12.0. The zero-order valence-corrected chi connectivity index (χ0v) is 12.8. The van der Waals surface area contributed by atoms with Gasteiger partial charge in [-0.2, -0.15) is 0 Å². The van der Waals surface area contributed by atoms with Crippen LogP contribution in [-0.4, -0.2) is 34.9 Å². The number of phenolic OH excluding ortho intramolecular Hbond substituents is 1. The second-order valence-electron chi connectivity index (χ2n) is 5.63. The molecule has 0 unspecified atom stereocenters. The van der Waals surface area contributed by atoms with Crippen LogP contribution in [0, 0.1) is 5.92 Å². The second kappa shape index (κ2) is 7.20. The highest BCUT2D eigenvalue weighted by Crippen LogP contribution is 2.31. The van der Waals surface area contributed by atoms with Crippen LogP contribution in [0.2, 0.25) is 0 Å². The standard InChI is InChI=1S/C16H25NOS/c1-3-13(2)12-17-10-8-16(9-11-17)19-15-6-4-14(18)5-7-15/h4-7,13,16,18H,3,8-12H2,1-2H3/t13-/m1/s1. The molecular weight excluding hydrogens is 254 g/mol. The van der Waals surface area contributed by atoms with E-state index in [1.165, 1.54) is 43.8 Å². The fourth-order valence-corrected chi connectivity index (χ4v) is 3.62. The van der Waals surface area contributed by atoms with Gasteiger partial charge in [-0.05, 0) is 56.1 Å². The van der Waals surface area contributed by atoms with E-state index in [-0.39, 0.29) is 0 Å². The summed E-state index contributed by atoms with van der Waals surface area (Å²) in [4.78, 5) is 3.89. The first-order chi connectivity index (χ1) is 9.17. The highest BCUT2D eigenvalue weighted by atomic mass is 32.2. The van der Waals surface area contributed by atoms with Crippen LogP contribution in [0.5, 0.6) is 5.75 Å². The van der Waals surface area contributed by atoms with Crippen molar-refractivity contribution < 1.29 is 5.11 Å². The number of benzene rings is 1. The van der Waals surface area contributed by atoms with Gasteiger partial charge in [-0.15, -0.1) is 11.8 Å². The van der Waals surface area contributed by atoms with Crippen LogP contribution in [-0.2, 0) is 0 Å². The Kier molecular flexibility index (Phi) is 5.59. The first-order valence-electron chi connectivity index (χ1n) is 7.35. The van der Waals surface area contributed by atoms with Crippen LogP contribution in [0.3, 0.4) is 0 Å². The topological polar surface area (TPSA) is 23.5 Å². The SMILES string of the molecule is CC[C@@H](C)CN1CCC(Sc2ccc(O)cc2)CC1. The molecule has 0 radical (unpaired) electrons. The normalized spacial score (nSPS) is 19.5. The van der Waals surface area contributed by atoms with Gasteiger partial charge in [0.2, 0.25) is 0 Å². The van der Waals surface area contributed by atoms with Gasteiger partial charge in [-0.1, -0.05) is 20.3 Å². The molecule has 1 N–H and O–H groups in total. The molecule has 1 aliphatic rings. The summed E-state index contributed by atoms with van der Waals surface area (Å²) in [5.74, 6) is 1.18. The van der Waals surface area contributed by atoms with Crippen molar-refractivity contribution in [2.75, 3.05) is 19.6 Å². The fourth-order valence-electron chi connectivity index (χ4n) is 2.50. The van der Waals surface area contributed by atoms with Crippen molar-refractivity contribution in [1.82, 2.24) is 4.90 Å². The van der Waals surface area contributed by atoms with Gasteiger partial charge >= 0.3 is 0 Å². The monoisotopic (exact) mass is 279 g/mol. The van der Waals surface area contributed by atoms with Crippen molar-refractivity contribution in [3.8, 4) is 5.75 Å². The first kappa shape index (κ1) is 14.7. The molecule has 0 spiro atoms. The third-order valence-electron chi connectivity index (χ3n) is 3.94. The third-order valence-corrected chi connectivity index (χ3v) is 5.29. The highest BCUT2D eigenvalue weighted by molar-refractivity contribution is 8.00. The van der Waals surface area contributed by atoms with Gasteiger partial charge in [0.1, 0.15) is 5.75 Å². The van der Waals surface area contributed by atoms with Crippen molar-refractivity contribution in [2.24, 2.45) is 5.92 Å². The molecule has 1 saturated heterocycles. The molecule has 1 aliphatic heterocycles. The number of likely N-dealkylation sites (tertiary alicyclic amines) is 1. The minimum atomic E-state index is 0.354. The molecule has 19 heavy (non-hydrogen) atoms. The minimum absolute atomic E-state index is 0.354. The van der Waals surface area contributed by atoms with Crippen molar-refractivity contribution >= 4 is 11.8 Å². The van der Waals surface area contributed by atoms with Crippen LogP contribution in [0.1, 0.15) is 33.1 Å². The van der Waals surface area contributed by atoms with Gasteiger partial charge in [-0.3, -0.25) is 0 Å². The average Bonchev–Trinajstić information content (AvgIpc) is 2.43. The summed E-state index contributed by atoms with van der Waals surface area (Å²) in [7, 11) is 0. The molecule has 0 amide bonds. The van der Waals surface area contributed by atoms with Crippen molar-refractivity contribution in [1.29, 1.82) is 0 Å². The third kappa shape index (κ3) is 4.73. The number of nitrogens with zero attached hydrogens (tertiary/aromatic N) is 1. The molecule has 1 heterocycles. The number of piperidine rings is 1. The molecule has 1 aromatic rings. The highest BCUT2D eigenvalue weighted by Gasteiger charge is 2.20. The van der Waals surface area contributed by atoms with E-state index in [4.69, 9.17) is 0 Å². The van der Waals surface area contributed by atoms with Gasteiger partial charge in [0.05, 0.1) is 0 Å². The van der Waals surface area contributed by atoms with E-state index in [2.05, 4.69) is 18.7 Å². The largest absolute Gasteiger partial charge is 0.508 e. The average molecular weight is 279 g/mol. The molecule has 0 saturated carbocycles. The molecule has 106 valence electrons. The number of thioether (sulfide) groups is 1. The Morgan fingerprint density at radius 3 is 2.47 bits per heavy atom. The summed E-state index contributed by atoms with van der Waals surface area (Å²) in [6.45, 7) is 8.35. The van der Waals surface area contributed by atoms with Gasteiger partial charge in [0.15, 0.2) is 0 Å². The smallest absolute Gasteiger partial charge is 0.115 e. The van der Waals surface area contributed by atoms with Gasteiger partial charge in [0.25, 0.3) is 0 Å². The van der Waals surface area contributed by atoms with Gasteiger partial charge in [0, 0.05) is 16.7 Å². The molecule has 0 aliphatic carbocycles. The lowest BCUT2D eigenvalue weighted by atomic mass is 10.1. The quantitative estimate of drug-likeness (QED) is 0.881. The summed E-state index contributed by atoms with van der Waals surface area (Å²) in [6.07, 6.45) is 3.84. The van der Waals surface area contributed by atoms with E-state index >= 15 is 0 Å². The molecule has 0 bridgehead atoms. The predicted molar refractivity (Wildman–Crippen MR) is 82.9 cm³/mol. The van der Waals surface area contributed by atoms with Crippen LogP contribution in [0.4, 0.5) is 0 Å². The fraction of sp³-hybridized carbons (Fsp3) is 0.625. The van der Waals surface area contributed by atoms with E-state index in [0.717, 1.165) is 11.2 Å². The van der Waals surface area contributed by atoms with E-state index in [1.54, 1.807) is 12.1 Å². The summed E-state index contributed by atoms with van der Waals surface area (Å²) >= 11 is 1.96. The van der Waals surface area contributed by atoms with E-state index < -0.39 is 0 Å². The molecule has 0 aromatic heterocycles. The maximum Gasteiger partial charge on any atom is 0.115 e.